The van der Waals surface area contributed by atoms with E-state index in [0.29, 0.717) is 5.92 Å². The first-order chi connectivity index (χ1) is 10.5. The van der Waals surface area contributed by atoms with Gasteiger partial charge in [-0.3, -0.25) is 0 Å². The average molecular weight is 479 g/mol. The van der Waals surface area contributed by atoms with Gasteiger partial charge < -0.3 is 0 Å². The van der Waals surface area contributed by atoms with Crippen LogP contribution in [0.5, 0.6) is 0 Å². The molecule has 0 aromatic heterocycles. The summed E-state index contributed by atoms with van der Waals surface area (Å²) >= 11 is -2.91. The van der Waals surface area contributed by atoms with Crippen molar-refractivity contribution in [3.63, 3.8) is 0 Å². The van der Waals surface area contributed by atoms with E-state index in [-0.39, 0.29) is 30.4 Å². The molecule has 0 radical (unpaired) electrons. The number of halogens is 2. The molecule has 25 heavy (non-hydrogen) atoms. The van der Waals surface area contributed by atoms with Crippen molar-refractivity contribution in [3.8, 4) is 0 Å². The topological polar surface area (TPSA) is 12.0 Å². The molecule has 0 bridgehead atoms. The van der Waals surface area contributed by atoms with Crippen LogP contribution < -0.4 is 6.53 Å². The largest absolute Gasteiger partial charge is 0.147 e. The van der Waals surface area contributed by atoms with Crippen molar-refractivity contribution in [2.45, 2.75) is 60.9 Å². The molecule has 2 unspecified atom stereocenters. The van der Waals surface area contributed by atoms with Gasteiger partial charge in [-0.1, -0.05) is 0 Å². The Hall–Kier alpha value is 0.340. The maximum atomic E-state index is 4.17. The molecule has 2 atom stereocenters. The molecule has 1 aliphatic carbocycles. The first-order valence-corrected chi connectivity index (χ1v) is 18.2. The maximum absolute atomic E-state index is 4.17. The SMILES string of the molecule is CC1=C(C)C(C)[C]([Zr](=[SiH2])([NH]C(C)(C)C)[c]2ccccc2C)=C1C.Cl.Cl. The third-order valence-corrected chi connectivity index (χ3v) is 21.6. The van der Waals surface area contributed by atoms with E-state index in [4.69, 9.17) is 0 Å². The summed E-state index contributed by atoms with van der Waals surface area (Å²) in [4.78, 5) is 0. The summed E-state index contributed by atoms with van der Waals surface area (Å²) in [7, 11) is 0. The zero-order valence-corrected chi connectivity index (χ0v) is 22.4. The number of nitrogens with one attached hydrogen (secondary N) is 1. The van der Waals surface area contributed by atoms with Crippen LogP contribution in [0.15, 0.2) is 44.3 Å². The Bertz CT molecular complexity index is 744. The zero-order valence-electron chi connectivity index (χ0n) is 16.9. The molecule has 1 aliphatic rings. The second-order valence-electron chi connectivity index (χ2n) is 8.16. The number of hydrogen-bond donors (Lipinski definition) is 1. The van der Waals surface area contributed by atoms with Crippen LogP contribution >= 0.6 is 24.8 Å². The van der Waals surface area contributed by atoms with Crippen molar-refractivity contribution < 1.29 is 19.2 Å². The van der Waals surface area contributed by atoms with E-state index in [1.54, 1.807) is 17.7 Å². The van der Waals surface area contributed by atoms with Gasteiger partial charge in [-0.05, 0) is 0 Å². The van der Waals surface area contributed by atoms with Crippen molar-refractivity contribution in [1.82, 2.24) is 3.26 Å². The Morgan fingerprint density at radius 3 is 1.88 bits per heavy atom. The summed E-state index contributed by atoms with van der Waals surface area (Å²) in [5.41, 5.74) is 6.22. The van der Waals surface area contributed by atoms with E-state index in [1.807, 2.05) is 0 Å². The molecule has 0 aliphatic heterocycles. The molecule has 0 heterocycles. The van der Waals surface area contributed by atoms with Crippen molar-refractivity contribution >= 4 is 35.0 Å². The summed E-state index contributed by atoms with van der Waals surface area (Å²) in [6.07, 6.45) is 0. The van der Waals surface area contributed by atoms with Crippen molar-refractivity contribution in [3.05, 3.63) is 49.8 Å². The van der Waals surface area contributed by atoms with Crippen molar-refractivity contribution in [1.29, 1.82) is 0 Å². The fraction of sp³-hybridized carbons (Fsp3) is 0.500. The molecular weight excluding hydrogens is 444 g/mol. The zero-order chi connectivity index (χ0) is 17.6. The maximum Gasteiger partial charge on any atom is -0.147 e. The van der Waals surface area contributed by atoms with Crippen molar-refractivity contribution in [2.24, 2.45) is 5.92 Å². The van der Waals surface area contributed by atoms with Crippen LogP contribution in [0.25, 0.3) is 0 Å². The van der Waals surface area contributed by atoms with Crippen LogP contribution in [0.3, 0.4) is 0 Å². The number of rotatable bonds is 3. The quantitative estimate of drug-likeness (QED) is 0.620. The van der Waals surface area contributed by atoms with E-state index >= 15 is 0 Å². The fourth-order valence-corrected chi connectivity index (χ4v) is 24.6. The molecule has 1 N–H and O–H groups in total. The minimum Gasteiger partial charge on any atom is -0.147 e. The first kappa shape index (κ1) is 25.3. The molecule has 141 valence electrons. The van der Waals surface area contributed by atoms with Crippen molar-refractivity contribution in [2.75, 3.05) is 0 Å². The minimum absolute atomic E-state index is 0. The van der Waals surface area contributed by atoms with E-state index in [9.17, 15) is 0 Å². The van der Waals surface area contributed by atoms with E-state index in [1.165, 1.54) is 11.1 Å². The fourth-order valence-electron chi connectivity index (χ4n) is 4.03. The molecule has 0 amide bonds. The predicted molar refractivity (Wildman–Crippen MR) is 117 cm³/mol. The van der Waals surface area contributed by atoms with Gasteiger partial charge in [-0.2, -0.15) is 0 Å². The van der Waals surface area contributed by atoms with Gasteiger partial charge in [0.25, 0.3) is 0 Å². The predicted octanol–water partition coefficient (Wildman–Crippen LogP) is 4.73. The normalized spacial score (nSPS) is 20.1. The molecule has 5 heteroatoms. The number of hydrogen-bond acceptors (Lipinski definition) is 1. The summed E-state index contributed by atoms with van der Waals surface area (Å²) in [6.45, 7) is 20.9. The molecule has 0 spiro atoms. The van der Waals surface area contributed by atoms with Crippen LogP contribution in [0.4, 0.5) is 0 Å². The second kappa shape index (κ2) is 9.02. The van der Waals surface area contributed by atoms with E-state index in [2.05, 4.69) is 89.8 Å². The Morgan fingerprint density at radius 2 is 1.48 bits per heavy atom. The average Bonchev–Trinajstić information content (AvgIpc) is 2.61. The monoisotopic (exact) mass is 476 g/mol. The van der Waals surface area contributed by atoms with Gasteiger partial charge >= 0.3 is 149 Å². The van der Waals surface area contributed by atoms with Gasteiger partial charge in [0, 0.05) is 0 Å². The molecule has 0 fully saturated rings. The molecule has 2 rings (SSSR count). The minimum atomic E-state index is -2.91. The number of allylic oxidation sites excluding steroid dienone is 4. The Morgan fingerprint density at radius 1 is 0.960 bits per heavy atom. The summed E-state index contributed by atoms with van der Waals surface area (Å²) in [5, 5.41) is 0. The van der Waals surface area contributed by atoms with Crippen LogP contribution in [0, 0.1) is 12.8 Å². The van der Waals surface area contributed by atoms with Gasteiger partial charge in [-0.15, -0.1) is 24.8 Å². The third-order valence-electron chi connectivity index (χ3n) is 5.29. The first-order valence-electron chi connectivity index (χ1n) is 8.59. The smallest absolute Gasteiger partial charge is 0.147 e. The summed E-state index contributed by atoms with van der Waals surface area (Å²) < 4.78 is 7.53. The number of benzene rings is 1. The summed E-state index contributed by atoms with van der Waals surface area (Å²) in [5.74, 6) is 0.581. The Kier molecular flexibility index (Phi) is 9.14. The Balaban J connectivity index is 0.00000288. The molecule has 1 aromatic carbocycles. The molecule has 0 saturated heterocycles. The molecular formula is C20H34Cl2NSiZr. The molecule has 0 saturated carbocycles. The van der Waals surface area contributed by atoms with Crippen LogP contribution in [-0.4, -0.2) is 12.4 Å². The van der Waals surface area contributed by atoms with E-state index < -0.39 is 19.2 Å². The van der Waals surface area contributed by atoms with Gasteiger partial charge in [0.15, 0.2) is 0 Å². The number of aryl methyl sites for hydroxylation is 1. The van der Waals surface area contributed by atoms with Gasteiger partial charge in [-0.25, -0.2) is 0 Å². The van der Waals surface area contributed by atoms with Gasteiger partial charge in [0.2, 0.25) is 0 Å². The Labute approximate surface area is 173 Å². The molecule has 1 nitrogen and oxygen atoms in total. The summed E-state index contributed by atoms with van der Waals surface area (Å²) in [6, 6.07) is 9.05. The van der Waals surface area contributed by atoms with Gasteiger partial charge in [0.05, 0.1) is 0 Å². The second-order valence-corrected chi connectivity index (χ2v) is 22.2. The van der Waals surface area contributed by atoms with Gasteiger partial charge in [0.1, 0.15) is 0 Å². The van der Waals surface area contributed by atoms with Crippen LogP contribution in [0.2, 0.25) is 0 Å². The standard InChI is InChI=1S/C9H13.C7H7.C4H10N.2ClH.H2Si.Zr/c1-6-5-7(2)9(4)8(6)3;1-7-5-3-2-4-6-7;1-4(2,3)5;;;;/h6H,1-4H3;2-5H,1H3;5H,1-3H3;2*1H;1H2;/q;;-1;;;;+1. The third kappa shape index (κ3) is 4.99. The molecule has 1 aromatic rings. The van der Waals surface area contributed by atoms with Crippen LogP contribution in [0.1, 0.15) is 54.0 Å². The van der Waals surface area contributed by atoms with E-state index in [0.717, 1.165) is 0 Å². The van der Waals surface area contributed by atoms with Crippen LogP contribution in [-0.2, 0) is 19.2 Å².